The lowest BCUT2D eigenvalue weighted by molar-refractivity contribution is 0.594. The molecule has 0 saturated carbocycles. The first-order valence-electron chi connectivity index (χ1n) is 5.31. The molecular formula is C13H13FN2S. The summed E-state index contributed by atoms with van der Waals surface area (Å²) in [5.74, 6) is -0.168. The van der Waals surface area contributed by atoms with Crippen LogP contribution < -0.4 is 5.32 Å². The van der Waals surface area contributed by atoms with Crippen LogP contribution in [0.5, 0.6) is 0 Å². The highest BCUT2D eigenvalue weighted by atomic mass is 32.2. The molecule has 1 aromatic heterocycles. The molecule has 0 bridgehead atoms. The Morgan fingerprint density at radius 2 is 2.00 bits per heavy atom. The zero-order chi connectivity index (χ0) is 12.1. The summed E-state index contributed by atoms with van der Waals surface area (Å²) in [5.41, 5.74) is 0.705. The number of nitrogens with zero attached hydrogens (tertiary/aromatic N) is 1. The van der Waals surface area contributed by atoms with Crippen LogP contribution >= 0.6 is 11.8 Å². The van der Waals surface area contributed by atoms with Crippen LogP contribution in [0.2, 0.25) is 0 Å². The van der Waals surface area contributed by atoms with E-state index in [1.165, 1.54) is 6.07 Å². The largest absolute Gasteiger partial charge is 0.316 e. The number of rotatable bonds is 4. The average molecular weight is 248 g/mol. The minimum atomic E-state index is -0.168. The van der Waals surface area contributed by atoms with Gasteiger partial charge < -0.3 is 5.32 Å². The van der Waals surface area contributed by atoms with Crippen molar-refractivity contribution in [1.82, 2.24) is 10.3 Å². The molecule has 0 aliphatic carbocycles. The van der Waals surface area contributed by atoms with E-state index in [9.17, 15) is 4.39 Å². The van der Waals surface area contributed by atoms with Gasteiger partial charge in [-0.15, -0.1) is 0 Å². The molecule has 0 atom stereocenters. The molecule has 88 valence electrons. The van der Waals surface area contributed by atoms with Gasteiger partial charge in [0, 0.05) is 34.3 Å². The molecule has 1 N–H and O–H groups in total. The third kappa shape index (κ3) is 3.05. The van der Waals surface area contributed by atoms with Gasteiger partial charge in [-0.2, -0.15) is 0 Å². The smallest absolute Gasteiger partial charge is 0.128 e. The van der Waals surface area contributed by atoms with E-state index in [2.05, 4.69) is 10.3 Å². The molecule has 1 heterocycles. The molecule has 2 rings (SSSR count). The highest BCUT2D eigenvalue weighted by Gasteiger charge is 2.08. The van der Waals surface area contributed by atoms with E-state index >= 15 is 0 Å². The second-order valence-corrected chi connectivity index (χ2v) is 4.65. The van der Waals surface area contributed by atoms with Crippen molar-refractivity contribution in [2.45, 2.75) is 16.3 Å². The van der Waals surface area contributed by atoms with Crippen LogP contribution in [-0.2, 0) is 6.54 Å². The summed E-state index contributed by atoms with van der Waals surface area (Å²) in [7, 11) is 1.81. The third-order valence-corrected chi connectivity index (χ3v) is 3.42. The highest BCUT2D eigenvalue weighted by Crippen LogP contribution is 2.31. The molecule has 0 aliphatic heterocycles. The fourth-order valence-electron chi connectivity index (χ4n) is 1.52. The lowest BCUT2D eigenvalue weighted by Crippen LogP contribution is -2.08. The van der Waals surface area contributed by atoms with Gasteiger partial charge in [-0.05, 0) is 31.3 Å². The van der Waals surface area contributed by atoms with Crippen molar-refractivity contribution in [3.8, 4) is 0 Å². The van der Waals surface area contributed by atoms with Gasteiger partial charge in [0.15, 0.2) is 0 Å². The van der Waals surface area contributed by atoms with Crippen molar-refractivity contribution in [3.05, 3.63) is 54.1 Å². The topological polar surface area (TPSA) is 24.9 Å². The van der Waals surface area contributed by atoms with E-state index in [1.807, 2.05) is 25.2 Å². The first-order chi connectivity index (χ1) is 8.31. The van der Waals surface area contributed by atoms with Crippen LogP contribution in [0.25, 0.3) is 0 Å². The standard InChI is InChI=1S/C13H13FN2S/c1-15-9-11-12(14)3-2-4-13(11)17-10-5-7-16-8-6-10/h2-8,15H,9H2,1H3. The van der Waals surface area contributed by atoms with Gasteiger partial charge in [-0.3, -0.25) is 4.98 Å². The zero-order valence-electron chi connectivity index (χ0n) is 9.48. The quantitative estimate of drug-likeness (QED) is 0.900. The number of benzene rings is 1. The Morgan fingerprint density at radius 3 is 2.71 bits per heavy atom. The van der Waals surface area contributed by atoms with Crippen molar-refractivity contribution in [3.63, 3.8) is 0 Å². The summed E-state index contributed by atoms with van der Waals surface area (Å²) in [4.78, 5) is 5.96. The first kappa shape index (κ1) is 12.1. The molecular weight excluding hydrogens is 235 g/mol. The van der Waals surface area contributed by atoms with Crippen molar-refractivity contribution in [2.24, 2.45) is 0 Å². The fraction of sp³-hybridized carbons (Fsp3) is 0.154. The first-order valence-corrected chi connectivity index (χ1v) is 6.13. The average Bonchev–Trinajstić information content (AvgIpc) is 2.35. The maximum absolute atomic E-state index is 13.7. The summed E-state index contributed by atoms with van der Waals surface area (Å²) in [6.45, 7) is 0.528. The van der Waals surface area contributed by atoms with Gasteiger partial charge in [0.1, 0.15) is 5.82 Å². The summed E-state index contributed by atoms with van der Waals surface area (Å²) < 4.78 is 13.7. The van der Waals surface area contributed by atoms with Crippen LogP contribution in [0.4, 0.5) is 4.39 Å². The van der Waals surface area contributed by atoms with Gasteiger partial charge >= 0.3 is 0 Å². The van der Waals surface area contributed by atoms with E-state index < -0.39 is 0 Å². The van der Waals surface area contributed by atoms with Crippen LogP contribution in [0.15, 0.2) is 52.5 Å². The molecule has 0 spiro atoms. The molecule has 2 nitrogen and oxygen atoms in total. The zero-order valence-corrected chi connectivity index (χ0v) is 10.3. The molecule has 0 saturated heterocycles. The Balaban J connectivity index is 2.29. The molecule has 0 unspecified atom stereocenters. The monoisotopic (exact) mass is 248 g/mol. The number of aromatic nitrogens is 1. The van der Waals surface area contributed by atoms with Crippen molar-refractivity contribution in [1.29, 1.82) is 0 Å². The molecule has 1 aromatic carbocycles. The van der Waals surface area contributed by atoms with Crippen LogP contribution in [0.3, 0.4) is 0 Å². The van der Waals surface area contributed by atoms with Gasteiger partial charge in [0.2, 0.25) is 0 Å². The summed E-state index contributed by atoms with van der Waals surface area (Å²) in [5, 5.41) is 2.99. The van der Waals surface area contributed by atoms with E-state index in [1.54, 1.807) is 30.2 Å². The predicted octanol–water partition coefficient (Wildman–Crippen LogP) is 3.09. The Hall–Kier alpha value is -1.39. The van der Waals surface area contributed by atoms with E-state index in [0.717, 1.165) is 9.79 Å². The molecule has 4 heteroatoms. The lowest BCUT2D eigenvalue weighted by Gasteiger charge is -2.09. The maximum Gasteiger partial charge on any atom is 0.128 e. The number of hydrogen-bond acceptors (Lipinski definition) is 3. The number of nitrogens with one attached hydrogen (secondary N) is 1. The van der Waals surface area contributed by atoms with Crippen LogP contribution in [0, 0.1) is 5.82 Å². The van der Waals surface area contributed by atoms with Gasteiger partial charge in [0.05, 0.1) is 0 Å². The highest BCUT2D eigenvalue weighted by molar-refractivity contribution is 7.99. The minimum absolute atomic E-state index is 0.168. The summed E-state index contributed by atoms with van der Waals surface area (Å²) in [6.07, 6.45) is 3.47. The van der Waals surface area contributed by atoms with Crippen molar-refractivity contribution < 1.29 is 4.39 Å². The Bertz CT molecular complexity index is 488. The SMILES string of the molecule is CNCc1c(F)cccc1Sc1ccncc1. The molecule has 0 amide bonds. The molecule has 17 heavy (non-hydrogen) atoms. The third-order valence-electron chi connectivity index (χ3n) is 2.31. The molecule has 0 radical (unpaired) electrons. The van der Waals surface area contributed by atoms with Gasteiger partial charge in [-0.25, -0.2) is 4.39 Å². The van der Waals surface area contributed by atoms with E-state index in [4.69, 9.17) is 0 Å². The molecule has 2 aromatic rings. The lowest BCUT2D eigenvalue weighted by atomic mass is 10.2. The van der Waals surface area contributed by atoms with Crippen LogP contribution in [-0.4, -0.2) is 12.0 Å². The summed E-state index contributed by atoms with van der Waals surface area (Å²) in [6, 6.07) is 8.99. The van der Waals surface area contributed by atoms with Crippen LogP contribution in [0.1, 0.15) is 5.56 Å². The number of pyridine rings is 1. The maximum atomic E-state index is 13.7. The van der Waals surface area contributed by atoms with E-state index in [-0.39, 0.29) is 5.82 Å². The van der Waals surface area contributed by atoms with Gasteiger partial charge in [-0.1, -0.05) is 17.8 Å². The van der Waals surface area contributed by atoms with Crippen molar-refractivity contribution in [2.75, 3.05) is 7.05 Å². The number of halogens is 1. The Morgan fingerprint density at radius 1 is 1.24 bits per heavy atom. The second-order valence-electron chi connectivity index (χ2n) is 3.53. The van der Waals surface area contributed by atoms with E-state index in [0.29, 0.717) is 12.1 Å². The Kier molecular flexibility index (Phi) is 4.12. The normalized spacial score (nSPS) is 10.5. The predicted molar refractivity (Wildman–Crippen MR) is 67.5 cm³/mol. The molecule has 0 aliphatic rings. The van der Waals surface area contributed by atoms with Gasteiger partial charge in [0.25, 0.3) is 0 Å². The molecule has 0 fully saturated rings. The Labute approximate surface area is 104 Å². The minimum Gasteiger partial charge on any atom is -0.316 e. The second kappa shape index (κ2) is 5.80. The fourth-order valence-corrected chi connectivity index (χ4v) is 2.47. The summed E-state index contributed by atoms with van der Waals surface area (Å²) >= 11 is 1.55. The van der Waals surface area contributed by atoms with Crippen molar-refractivity contribution >= 4 is 11.8 Å². The number of hydrogen-bond donors (Lipinski definition) is 1.